The number of hydrogen-bond acceptors (Lipinski definition) is 10. The molecule has 51 heavy (non-hydrogen) atoms. The standard InChI is InChI=1S/C41H34O10/c1-49-26-18-16-25(17-19-26)41(23-10-5-3-6-11-23,24-12-7-4-8-13-24)51-22-31(43)40(48)20-28-32(29(42)21-40)38(46)35-34(37(28)45)36(44)27-14-9-15-30(50-2)33(27)39(35)47/h3-19,29,42,45-46,48H,20-22H2,1-2H3/t29-,40-/m1/s1. The fourth-order valence-corrected chi connectivity index (χ4v) is 7.39. The van der Waals surface area contributed by atoms with Gasteiger partial charge in [0.05, 0.1) is 37.0 Å². The number of ether oxygens (including phenoxy) is 3. The number of ketones is 3. The van der Waals surface area contributed by atoms with Gasteiger partial charge in [0, 0.05) is 29.5 Å². The Hall–Kier alpha value is -5.81. The topological polar surface area (TPSA) is 160 Å². The monoisotopic (exact) mass is 686 g/mol. The van der Waals surface area contributed by atoms with Crippen molar-refractivity contribution >= 4 is 17.3 Å². The van der Waals surface area contributed by atoms with Crippen molar-refractivity contribution in [3.8, 4) is 23.0 Å². The molecule has 2 atom stereocenters. The molecular weight excluding hydrogens is 652 g/mol. The number of hydrogen-bond donors (Lipinski definition) is 4. The van der Waals surface area contributed by atoms with E-state index < -0.39 is 76.7 Å². The lowest BCUT2D eigenvalue weighted by Gasteiger charge is -2.39. The highest BCUT2D eigenvalue weighted by Gasteiger charge is 2.49. The number of carbonyl (C=O) groups excluding carboxylic acids is 3. The lowest BCUT2D eigenvalue weighted by Crippen LogP contribution is -2.48. The first kappa shape index (κ1) is 33.7. The maximum Gasteiger partial charge on any atom is 0.202 e. The molecule has 0 fully saturated rings. The largest absolute Gasteiger partial charge is 0.507 e. The van der Waals surface area contributed by atoms with Crippen LogP contribution < -0.4 is 9.47 Å². The second-order valence-corrected chi connectivity index (χ2v) is 12.7. The number of fused-ring (bicyclic) bond motifs is 3. The summed E-state index contributed by atoms with van der Waals surface area (Å²) >= 11 is 0. The second kappa shape index (κ2) is 12.8. The molecule has 0 aliphatic heterocycles. The Kier molecular flexibility index (Phi) is 8.46. The van der Waals surface area contributed by atoms with Gasteiger partial charge in [-0.1, -0.05) is 84.9 Å². The average Bonchev–Trinajstić information content (AvgIpc) is 3.15. The summed E-state index contributed by atoms with van der Waals surface area (Å²) in [5.74, 6) is -3.06. The highest BCUT2D eigenvalue weighted by atomic mass is 16.5. The van der Waals surface area contributed by atoms with Gasteiger partial charge in [0.1, 0.15) is 40.8 Å². The van der Waals surface area contributed by atoms with E-state index in [4.69, 9.17) is 14.2 Å². The zero-order valence-corrected chi connectivity index (χ0v) is 27.8. The minimum Gasteiger partial charge on any atom is -0.507 e. The molecule has 258 valence electrons. The molecule has 7 rings (SSSR count). The Labute approximate surface area is 293 Å². The Morgan fingerprint density at radius 1 is 0.745 bits per heavy atom. The van der Waals surface area contributed by atoms with E-state index in [2.05, 4.69) is 0 Å². The van der Waals surface area contributed by atoms with Crippen LogP contribution >= 0.6 is 0 Å². The van der Waals surface area contributed by atoms with Crippen LogP contribution in [0.1, 0.15) is 72.2 Å². The summed E-state index contributed by atoms with van der Waals surface area (Å²) < 4.78 is 17.3. The molecule has 0 bridgehead atoms. The number of rotatable bonds is 9. The highest BCUT2D eigenvalue weighted by Crippen LogP contribution is 2.51. The van der Waals surface area contributed by atoms with E-state index in [9.17, 15) is 34.8 Å². The van der Waals surface area contributed by atoms with Crippen LogP contribution in [0.5, 0.6) is 23.0 Å². The van der Waals surface area contributed by atoms with Crippen LogP contribution in [0.2, 0.25) is 0 Å². The molecule has 0 amide bonds. The molecule has 10 heteroatoms. The first-order valence-corrected chi connectivity index (χ1v) is 16.3. The third-order valence-electron chi connectivity index (χ3n) is 9.89. The van der Waals surface area contributed by atoms with Crippen LogP contribution in [0.25, 0.3) is 0 Å². The van der Waals surface area contributed by atoms with E-state index in [0.717, 1.165) is 0 Å². The van der Waals surface area contributed by atoms with Crippen molar-refractivity contribution < 1.29 is 49.0 Å². The molecule has 0 unspecified atom stereocenters. The molecule has 0 spiro atoms. The van der Waals surface area contributed by atoms with Crippen molar-refractivity contribution in [1.82, 2.24) is 0 Å². The zero-order chi connectivity index (χ0) is 36.1. The van der Waals surface area contributed by atoms with Crippen molar-refractivity contribution in [2.24, 2.45) is 0 Å². The summed E-state index contributed by atoms with van der Waals surface area (Å²) in [6.07, 6.45) is -2.86. The van der Waals surface area contributed by atoms with Gasteiger partial charge in [-0.25, -0.2) is 0 Å². The maximum absolute atomic E-state index is 14.2. The molecule has 0 saturated carbocycles. The predicted molar refractivity (Wildman–Crippen MR) is 185 cm³/mol. The Morgan fingerprint density at radius 2 is 1.33 bits per heavy atom. The molecule has 4 N–H and O–H groups in total. The zero-order valence-electron chi connectivity index (χ0n) is 27.8. The third-order valence-corrected chi connectivity index (χ3v) is 9.89. The van der Waals surface area contributed by atoms with Gasteiger partial charge < -0.3 is 34.6 Å². The lowest BCUT2D eigenvalue weighted by atomic mass is 9.72. The Bertz CT molecular complexity index is 2140. The number of aromatic hydroxyl groups is 2. The number of carbonyl (C=O) groups is 3. The van der Waals surface area contributed by atoms with E-state index in [1.807, 2.05) is 72.8 Å². The number of aliphatic hydroxyl groups is 2. The van der Waals surface area contributed by atoms with Crippen molar-refractivity contribution in [2.45, 2.75) is 30.1 Å². The molecule has 0 saturated heterocycles. The first-order valence-electron chi connectivity index (χ1n) is 16.3. The molecule has 0 radical (unpaired) electrons. The quantitative estimate of drug-likeness (QED) is 0.118. The maximum atomic E-state index is 14.2. The first-order chi connectivity index (χ1) is 24.6. The fraction of sp³-hybridized carbons (Fsp3) is 0.195. The SMILES string of the molecule is COc1ccc(C(OCC(=O)[C@@]2(O)Cc3c(O)c4c(c(O)c3[C@H](O)C2)C(=O)c2c(OC)cccc2C4=O)(c2ccccc2)c2ccccc2)cc1. The minimum atomic E-state index is -2.30. The van der Waals surface area contributed by atoms with Crippen molar-refractivity contribution in [1.29, 1.82) is 0 Å². The Morgan fingerprint density at radius 3 is 1.92 bits per heavy atom. The molecule has 2 aliphatic rings. The summed E-state index contributed by atoms with van der Waals surface area (Å²) in [5, 5.41) is 46.2. The number of phenolic OH excluding ortho intramolecular Hbond substituents is 2. The fourth-order valence-electron chi connectivity index (χ4n) is 7.39. The van der Waals surface area contributed by atoms with Gasteiger partial charge in [-0.05, 0) is 34.9 Å². The summed E-state index contributed by atoms with van der Waals surface area (Å²) in [6.45, 7) is -0.642. The van der Waals surface area contributed by atoms with Crippen LogP contribution in [-0.4, -0.2) is 64.2 Å². The summed E-state index contributed by atoms with van der Waals surface area (Å²) in [5.41, 5.74) is -3.14. The van der Waals surface area contributed by atoms with Gasteiger partial charge in [0.15, 0.2) is 11.6 Å². The smallest absolute Gasteiger partial charge is 0.202 e. The van der Waals surface area contributed by atoms with Crippen LogP contribution in [0, 0.1) is 0 Å². The van der Waals surface area contributed by atoms with Gasteiger partial charge in [-0.3, -0.25) is 14.4 Å². The van der Waals surface area contributed by atoms with E-state index >= 15 is 0 Å². The lowest BCUT2D eigenvalue weighted by molar-refractivity contribution is -0.150. The van der Waals surface area contributed by atoms with Crippen molar-refractivity contribution in [2.75, 3.05) is 20.8 Å². The summed E-state index contributed by atoms with van der Waals surface area (Å²) in [4.78, 5) is 41.6. The molecule has 0 heterocycles. The van der Waals surface area contributed by atoms with Crippen LogP contribution in [0.15, 0.2) is 103 Å². The average molecular weight is 687 g/mol. The van der Waals surface area contributed by atoms with E-state index in [-0.39, 0.29) is 28.0 Å². The molecule has 0 aromatic heterocycles. The summed E-state index contributed by atoms with van der Waals surface area (Å²) in [7, 11) is 2.89. The normalized spacial score (nSPS) is 18.0. The van der Waals surface area contributed by atoms with Crippen molar-refractivity contribution in [3.63, 3.8) is 0 Å². The van der Waals surface area contributed by atoms with E-state index in [0.29, 0.717) is 22.4 Å². The molecule has 10 nitrogen and oxygen atoms in total. The van der Waals surface area contributed by atoms with Crippen LogP contribution in [0.4, 0.5) is 0 Å². The van der Waals surface area contributed by atoms with Crippen molar-refractivity contribution in [3.05, 3.63) is 153 Å². The predicted octanol–water partition coefficient (Wildman–Crippen LogP) is 5.18. The second-order valence-electron chi connectivity index (χ2n) is 12.7. The van der Waals surface area contributed by atoms with Gasteiger partial charge in [-0.15, -0.1) is 0 Å². The number of phenols is 2. The molecular formula is C41H34O10. The van der Waals surface area contributed by atoms with Gasteiger partial charge in [0.25, 0.3) is 0 Å². The van der Waals surface area contributed by atoms with Crippen LogP contribution in [0.3, 0.4) is 0 Å². The van der Waals surface area contributed by atoms with Gasteiger partial charge >= 0.3 is 0 Å². The number of aliphatic hydroxyl groups excluding tert-OH is 1. The number of benzene rings is 5. The molecule has 5 aromatic carbocycles. The number of methoxy groups -OCH3 is 2. The van der Waals surface area contributed by atoms with Crippen LogP contribution in [-0.2, 0) is 21.6 Å². The molecule has 2 aliphatic carbocycles. The van der Waals surface area contributed by atoms with Gasteiger partial charge in [-0.2, -0.15) is 0 Å². The van der Waals surface area contributed by atoms with Gasteiger partial charge in [0.2, 0.25) is 5.78 Å². The molecule has 5 aromatic rings. The summed E-state index contributed by atoms with van der Waals surface area (Å²) in [6, 6.07) is 30.2. The minimum absolute atomic E-state index is 0.0470. The number of Topliss-reactive ketones (excluding diaryl/α,β-unsaturated/α-hetero) is 1. The van der Waals surface area contributed by atoms with E-state index in [1.165, 1.54) is 25.3 Å². The van der Waals surface area contributed by atoms with E-state index in [1.54, 1.807) is 19.2 Å². The third kappa shape index (κ3) is 5.27. The highest BCUT2D eigenvalue weighted by molar-refractivity contribution is 6.31. The Balaban J connectivity index is 1.28.